The monoisotopic (exact) mass is 471 g/mol. The van der Waals surface area contributed by atoms with Crippen molar-refractivity contribution in [3.8, 4) is 0 Å². The minimum Gasteiger partial charge on any atom is -0.370 e. The van der Waals surface area contributed by atoms with Crippen LogP contribution in [0.1, 0.15) is 38.4 Å². The maximum absolute atomic E-state index is 11.4. The van der Waals surface area contributed by atoms with E-state index in [-0.39, 0.29) is 0 Å². The van der Waals surface area contributed by atoms with Crippen LogP contribution in [0.2, 0.25) is 5.15 Å². The number of nitrogens with zero attached hydrogens (tertiary/aromatic N) is 7. The molecule has 1 aliphatic carbocycles. The van der Waals surface area contributed by atoms with Gasteiger partial charge in [-0.05, 0) is 19.9 Å². The number of hydrogen-bond acceptors (Lipinski definition) is 10. The highest BCUT2D eigenvalue weighted by Crippen LogP contribution is 2.21. The Hall–Kier alpha value is -2.85. The molecule has 3 heterocycles. The van der Waals surface area contributed by atoms with Crippen LogP contribution in [-0.4, -0.2) is 75.4 Å². The molecule has 176 valence electrons. The molecule has 2 N–H and O–H groups in total. The van der Waals surface area contributed by atoms with Crippen LogP contribution in [0.25, 0.3) is 0 Å². The number of hydrogen-bond donors (Lipinski definition) is 2. The third-order valence-electron chi connectivity index (χ3n) is 5.79. The fourth-order valence-electron chi connectivity index (χ4n) is 3.77. The minimum atomic E-state index is 0.311. The van der Waals surface area contributed by atoms with Crippen molar-refractivity contribution in [2.24, 2.45) is 0 Å². The lowest BCUT2D eigenvalue weighted by Crippen LogP contribution is -2.45. The lowest BCUT2D eigenvalue weighted by molar-refractivity contribution is -0.118. The number of likely N-dealkylation sites (N-methyl/N-ethyl adjacent to an activating group) is 1. The standard InChI is InChI=1S/C22H30ClN9O/c1-3-18-26-21(30-22(28-18)32-12-10-31(2)11-13-32)29-20-25-17(23)14-19(27-20)24-9-8-15-4-6-16(33)7-5-15/h4,14H,3,5-13H2,1-2H3,(H2,24,25,26,27,28,29,30). The summed E-state index contributed by atoms with van der Waals surface area (Å²) in [6.07, 6.45) is 5.62. The van der Waals surface area contributed by atoms with Crippen LogP contribution in [0, 0.1) is 0 Å². The van der Waals surface area contributed by atoms with E-state index in [0.29, 0.717) is 66.2 Å². The van der Waals surface area contributed by atoms with Crippen molar-refractivity contribution in [1.29, 1.82) is 0 Å². The fourth-order valence-corrected chi connectivity index (χ4v) is 3.96. The molecule has 0 spiro atoms. The number of carbonyl (C=O) groups is 1. The summed E-state index contributed by atoms with van der Waals surface area (Å²) in [4.78, 5) is 38.3. The largest absolute Gasteiger partial charge is 0.370 e. The quantitative estimate of drug-likeness (QED) is 0.440. The summed E-state index contributed by atoms with van der Waals surface area (Å²) in [6.45, 7) is 6.39. The molecule has 0 unspecified atom stereocenters. The smallest absolute Gasteiger partial charge is 0.234 e. The highest BCUT2D eigenvalue weighted by Gasteiger charge is 2.19. The number of anilines is 4. The first-order valence-corrected chi connectivity index (χ1v) is 11.8. The van der Waals surface area contributed by atoms with Crippen LogP contribution in [0.4, 0.5) is 23.7 Å². The van der Waals surface area contributed by atoms with Gasteiger partial charge in [0.2, 0.25) is 17.8 Å². The number of allylic oxidation sites excluding steroid dienone is 1. The van der Waals surface area contributed by atoms with Gasteiger partial charge in [-0.1, -0.05) is 30.2 Å². The average Bonchev–Trinajstić information content (AvgIpc) is 2.80. The number of ketones is 1. The van der Waals surface area contributed by atoms with Gasteiger partial charge in [0.1, 0.15) is 22.6 Å². The summed E-state index contributed by atoms with van der Waals surface area (Å²) in [7, 11) is 2.12. The Morgan fingerprint density at radius 2 is 1.82 bits per heavy atom. The minimum absolute atomic E-state index is 0.311. The molecule has 11 heteroatoms. The maximum Gasteiger partial charge on any atom is 0.234 e. The molecule has 2 aromatic heterocycles. The van der Waals surface area contributed by atoms with E-state index in [0.717, 1.165) is 39.0 Å². The van der Waals surface area contributed by atoms with Gasteiger partial charge in [-0.3, -0.25) is 10.1 Å². The van der Waals surface area contributed by atoms with E-state index in [1.54, 1.807) is 6.07 Å². The van der Waals surface area contributed by atoms with Crippen LogP contribution in [0.15, 0.2) is 17.7 Å². The Morgan fingerprint density at radius 1 is 1.03 bits per heavy atom. The van der Waals surface area contributed by atoms with E-state index < -0.39 is 0 Å². The second-order valence-electron chi connectivity index (χ2n) is 8.33. The van der Waals surface area contributed by atoms with Crippen molar-refractivity contribution in [3.63, 3.8) is 0 Å². The second kappa shape index (κ2) is 10.8. The second-order valence-corrected chi connectivity index (χ2v) is 8.71. The summed E-state index contributed by atoms with van der Waals surface area (Å²) in [5, 5.41) is 6.71. The van der Waals surface area contributed by atoms with Gasteiger partial charge in [0.15, 0.2) is 0 Å². The van der Waals surface area contributed by atoms with E-state index in [2.05, 4.69) is 52.4 Å². The zero-order valence-electron chi connectivity index (χ0n) is 19.1. The first-order chi connectivity index (χ1) is 16.0. The van der Waals surface area contributed by atoms with Gasteiger partial charge in [-0.15, -0.1) is 0 Å². The number of nitrogens with one attached hydrogen (secondary N) is 2. The van der Waals surface area contributed by atoms with Gasteiger partial charge in [-0.25, -0.2) is 4.98 Å². The summed E-state index contributed by atoms with van der Waals surface area (Å²) >= 11 is 6.24. The number of rotatable bonds is 8. The number of halogens is 1. The van der Waals surface area contributed by atoms with E-state index in [1.165, 1.54) is 5.57 Å². The molecule has 0 saturated carbocycles. The summed E-state index contributed by atoms with van der Waals surface area (Å²) in [5.41, 5.74) is 1.30. The average molecular weight is 472 g/mol. The molecule has 1 aliphatic heterocycles. The number of carbonyl (C=O) groups excluding carboxylic acids is 1. The predicted octanol–water partition coefficient (Wildman–Crippen LogP) is 2.85. The number of Topliss-reactive ketones (excluding diaryl/α,β-unsaturated/α-hetero) is 1. The molecule has 10 nitrogen and oxygen atoms in total. The molecular weight excluding hydrogens is 442 g/mol. The van der Waals surface area contributed by atoms with E-state index >= 15 is 0 Å². The Balaban J connectivity index is 1.43. The first kappa shape index (κ1) is 23.3. The van der Waals surface area contributed by atoms with Gasteiger partial charge in [0, 0.05) is 58.1 Å². The Labute approximate surface area is 198 Å². The van der Waals surface area contributed by atoms with Crippen LogP contribution < -0.4 is 15.5 Å². The predicted molar refractivity (Wildman–Crippen MR) is 129 cm³/mol. The van der Waals surface area contributed by atoms with Crippen molar-refractivity contribution in [1.82, 2.24) is 29.8 Å². The summed E-state index contributed by atoms with van der Waals surface area (Å²) in [5.74, 6) is 3.03. The van der Waals surface area contributed by atoms with Crippen molar-refractivity contribution >= 4 is 41.0 Å². The van der Waals surface area contributed by atoms with Gasteiger partial charge in [0.25, 0.3) is 0 Å². The SMILES string of the molecule is CCc1nc(Nc2nc(Cl)cc(NCCC3=CCC(=O)CC3)n2)nc(N2CCN(C)CC2)n1. The van der Waals surface area contributed by atoms with Crippen LogP contribution in [0.3, 0.4) is 0 Å². The zero-order chi connectivity index (χ0) is 23.2. The molecule has 0 aromatic carbocycles. The normalized spacial score (nSPS) is 17.1. The highest BCUT2D eigenvalue weighted by atomic mass is 35.5. The summed E-state index contributed by atoms with van der Waals surface area (Å²) < 4.78 is 0. The molecule has 0 bridgehead atoms. The molecule has 0 amide bonds. The fraction of sp³-hybridized carbons (Fsp3) is 0.545. The van der Waals surface area contributed by atoms with Crippen LogP contribution in [0.5, 0.6) is 0 Å². The van der Waals surface area contributed by atoms with E-state index in [9.17, 15) is 4.79 Å². The Bertz CT molecular complexity index is 1020. The molecule has 2 aromatic rings. The molecule has 33 heavy (non-hydrogen) atoms. The molecule has 0 atom stereocenters. The van der Waals surface area contributed by atoms with E-state index in [4.69, 9.17) is 11.6 Å². The maximum atomic E-state index is 11.4. The van der Waals surface area contributed by atoms with Crippen molar-refractivity contribution in [3.05, 3.63) is 28.7 Å². The zero-order valence-corrected chi connectivity index (χ0v) is 19.9. The molecule has 2 aliphatic rings. The molecule has 1 saturated heterocycles. The third-order valence-corrected chi connectivity index (χ3v) is 5.98. The molecular formula is C22H30ClN9O. The van der Waals surface area contributed by atoms with Crippen LogP contribution >= 0.6 is 11.6 Å². The number of aromatic nitrogens is 5. The lowest BCUT2D eigenvalue weighted by Gasteiger charge is -2.32. The lowest BCUT2D eigenvalue weighted by atomic mass is 9.96. The highest BCUT2D eigenvalue weighted by molar-refractivity contribution is 6.29. The van der Waals surface area contributed by atoms with E-state index in [1.807, 2.05) is 13.0 Å². The van der Waals surface area contributed by atoms with Crippen LogP contribution in [-0.2, 0) is 11.2 Å². The van der Waals surface area contributed by atoms with Crippen molar-refractivity contribution in [2.75, 3.05) is 55.3 Å². The van der Waals surface area contributed by atoms with Gasteiger partial charge >= 0.3 is 0 Å². The Morgan fingerprint density at radius 3 is 2.55 bits per heavy atom. The van der Waals surface area contributed by atoms with Crippen molar-refractivity contribution < 1.29 is 4.79 Å². The number of piperazine rings is 1. The van der Waals surface area contributed by atoms with Gasteiger partial charge < -0.3 is 15.1 Å². The van der Waals surface area contributed by atoms with Gasteiger partial charge in [-0.2, -0.15) is 19.9 Å². The third kappa shape index (κ3) is 6.58. The Kier molecular flexibility index (Phi) is 7.66. The van der Waals surface area contributed by atoms with Crippen molar-refractivity contribution in [2.45, 2.75) is 39.0 Å². The molecule has 0 radical (unpaired) electrons. The first-order valence-electron chi connectivity index (χ1n) is 11.4. The van der Waals surface area contributed by atoms with Gasteiger partial charge in [0.05, 0.1) is 0 Å². The number of aryl methyl sites for hydroxylation is 1. The molecule has 4 rings (SSSR count). The molecule has 1 fully saturated rings. The topological polar surface area (TPSA) is 112 Å². The summed E-state index contributed by atoms with van der Waals surface area (Å²) in [6, 6.07) is 1.69.